The zero-order valence-electron chi connectivity index (χ0n) is 10.7. The minimum Gasteiger partial charge on any atom is -0.518 e. The van der Waals surface area contributed by atoms with E-state index < -0.39 is 38.3 Å². The third kappa shape index (κ3) is 3.79. The normalized spacial score (nSPS) is 20.6. The first kappa shape index (κ1) is 15.7. The minimum atomic E-state index is -5.18. The maximum Gasteiger partial charge on any atom is 0.471 e. The predicted octanol–water partition coefficient (Wildman–Crippen LogP) is 1.44. The first-order valence-corrected chi connectivity index (χ1v) is 9.00. The monoisotopic (exact) mass is 297 g/mol. The van der Waals surface area contributed by atoms with Gasteiger partial charge in [-0.3, -0.25) is 19.3 Å². The van der Waals surface area contributed by atoms with Crippen LogP contribution in [-0.4, -0.2) is 43.2 Å². The molecule has 108 valence electrons. The molecule has 1 aliphatic heterocycles. The molecule has 1 aliphatic rings. The second-order valence-electron chi connectivity index (χ2n) is 5.15. The Morgan fingerprint density at radius 1 is 1.32 bits per heavy atom. The van der Waals surface area contributed by atoms with Crippen molar-refractivity contribution in [2.24, 2.45) is 0 Å². The Morgan fingerprint density at radius 3 is 2.26 bits per heavy atom. The maximum atomic E-state index is 12.4. The summed E-state index contributed by atoms with van der Waals surface area (Å²) >= 11 is 0. The summed E-state index contributed by atoms with van der Waals surface area (Å²) in [6.45, 7) is 5.03. The molecule has 1 unspecified atom stereocenters. The molecule has 1 fully saturated rings. The molecule has 5 nitrogen and oxygen atoms in total. The molecule has 9 heteroatoms. The van der Waals surface area contributed by atoms with E-state index in [0.29, 0.717) is 0 Å². The van der Waals surface area contributed by atoms with Gasteiger partial charge in [-0.15, -0.1) is 0 Å². The first-order valence-electron chi connectivity index (χ1n) is 5.59. The highest BCUT2D eigenvalue weighted by atomic mass is 28.4. The molecule has 0 aromatic heterocycles. The van der Waals surface area contributed by atoms with E-state index in [0.717, 1.165) is 0 Å². The van der Waals surface area contributed by atoms with E-state index >= 15 is 0 Å². The highest BCUT2D eigenvalue weighted by Gasteiger charge is 2.52. The predicted molar refractivity (Wildman–Crippen MR) is 60.4 cm³/mol. The van der Waals surface area contributed by atoms with Crippen LogP contribution < -0.4 is 0 Å². The molecule has 0 bridgehead atoms. The van der Waals surface area contributed by atoms with Gasteiger partial charge in [0.15, 0.2) is 0 Å². The number of likely N-dealkylation sites (tertiary alicyclic amines) is 1. The SMILES string of the molecule is C[Si](C)(C)OC(=O)C1CCC(=O)N1C(=O)C(F)(F)F. The largest absolute Gasteiger partial charge is 0.518 e. The third-order valence-corrected chi connectivity index (χ3v) is 3.17. The number of hydrogen-bond acceptors (Lipinski definition) is 4. The van der Waals surface area contributed by atoms with Crippen LogP contribution in [0.15, 0.2) is 0 Å². The molecule has 1 rings (SSSR count). The van der Waals surface area contributed by atoms with Crippen molar-refractivity contribution in [1.82, 2.24) is 4.90 Å². The van der Waals surface area contributed by atoms with Crippen LogP contribution in [0.4, 0.5) is 13.2 Å². The van der Waals surface area contributed by atoms with Gasteiger partial charge >= 0.3 is 18.1 Å². The number of nitrogens with zero attached hydrogens (tertiary/aromatic N) is 1. The number of carbonyl (C=O) groups excluding carboxylic acids is 3. The van der Waals surface area contributed by atoms with Gasteiger partial charge in [0, 0.05) is 6.42 Å². The van der Waals surface area contributed by atoms with Crippen LogP contribution in [0.5, 0.6) is 0 Å². The number of halogens is 3. The van der Waals surface area contributed by atoms with Crippen LogP contribution in [0.1, 0.15) is 12.8 Å². The molecule has 2 amide bonds. The highest BCUT2D eigenvalue weighted by molar-refractivity contribution is 6.71. The van der Waals surface area contributed by atoms with Crippen LogP contribution >= 0.6 is 0 Å². The second-order valence-corrected chi connectivity index (χ2v) is 9.58. The molecule has 0 saturated carbocycles. The lowest BCUT2D eigenvalue weighted by molar-refractivity contribution is -0.189. The summed E-state index contributed by atoms with van der Waals surface area (Å²) in [5.74, 6) is -4.25. The average Bonchev–Trinajstić information content (AvgIpc) is 2.54. The number of carbonyl (C=O) groups is 3. The van der Waals surface area contributed by atoms with Crippen molar-refractivity contribution in [2.45, 2.75) is 44.7 Å². The van der Waals surface area contributed by atoms with Crippen molar-refractivity contribution in [1.29, 1.82) is 0 Å². The Kier molecular flexibility index (Phi) is 4.08. The standard InChI is InChI=1S/C10H14F3NO4Si/c1-19(2,3)18-8(16)6-4-5-7(15)14(6)9(17)10(11,12)13/h6H,4-5H2,1-3H3. The van der Waals surface area contributed by atoms with E-state index in [2.05, 4.69) is 0 Å². The lowest BCUT2D eigenvalue weighted by Crippen LogP contribution is -2.50. The lowest BCUT2D eigenvalue weighted by Gasteiger charge is -2.26. The van der Waals surface area contributed by atoms with Gasteiger partial charge in [0.05, 0.1) is 0 Å². The fourth-order valence-corrected chi connectivity index (χ4v) is 2.41. The van der Waals surface area contributed by atoms with Crippen LogP contribution in [0.2, 0.25) is 19.6 Å². The van der Waals surface area contributed by atoms with Gasteiger partial charge in [0.1, 0.15) is 6.04 Å². The van der Waals surface area contributed by atoms with Crippen LogP contribution in [0.25, 0.3) is 0 Å². The zero-order valence-corrected chi connectivity index (χ0v) is 11.7. The summed E-state index contributed by atoms with van der Waals surface area (Å²) in [5.41, 5.74) is 0. The van der Waals surface area contributed by atoms with Gasteiger partial charge in [-0.05, 0) is 26.1 Å². The Morgan fingerprint density at radius 2 is 1.84 bits per heavy atom. The highest BCUT2D eigenvalue weighted by Crippen LogP contribution is 2.27. The van der Waals surface area contributed by atoms with Gasteiger partial charge in [-0.1, -0.05) is 0 Å². The summed E-state index contributed by atoms with van der Waals surface area (Å²) in [6, 6.07) is -1.46. The van der Waals surface area contributed by atoms with Crippen molar-refractivity contribution in [3.8, 4) is 0 Å². The van der Waals surface area contributed by atoms with Gasteiger partial charge < -0.3 is 4.43 Å². The molecular formula is C10H14F3NO4Si. The molecule has 0 aromatic rings. The number of rotatable bonds is 2. The maximum absolute atomic E-state index is 12.4. The van der Waals surface area contributed by atoms with Crippen molar-refractivity contribution in [2.75, 3.05) is 0 Å². The van der Waals surface area contributed by atoms with Gasteiger partial charge in [0.25, 0.3) is 0 Å². The molecule has 0 N–H and O–H groups in total. The minimum absolute atomic E-state index is 0.0253. The molecule has 0 radical (unpaired) electrons. The van der Waals surface area contributed by atoms with Crippen LogP contribution in [0.3, 0.4) is 0 Å². The van der Waals surface area contributed by atoms with Crippen molar-refractivity contribution in [3.63, 3.8) is 0 Å². The summed E-state index contributed by atoms with van der Waals surface area (Å²) in [4.78, 5) is 34.2. The zero-order chi connectivity index (χ0) is 15.0. The van der Waals surface area contributed by atoms with E-state index in [4.69, 9.17) is 4.43 Å². The van der Waals surface area contributed by atoms with E-state index in [1.165, 1.54) is 0 Å². The third-order valence-electron chi connectivity index (χ3n) is 2.35. The summed E-state index contributed by atoms with van der Waals surface area (Å²) in [5, 5.41) is 0. The van der Waals surface area contributed by atoms with Gasteiger partial charge in [-0.2, -0.15) is 13.2 Å². The van der Waals surface area contributed by atoms with Crippen LogP contribution in [-0.2, 0) is 18.8 Å². The van der Waals surface area contributed by atoms with E-state index in [-0.39, 0.29) is 17.7 Å². The Balaban J connectivity index is 2.92. The molecule has 0 aromatic carbocycles. The topological polar surface area (TPSA) is 63.7 Å². The lowest BCUT2D eigenvalue weighted by atomic mass is 10.2. The number of imide groups is 1. The molecule has 1 saturated heterocycles. The summed E-state index contributed by atoms with van der Waals surface area (Å²) in [7, 11) is -2.30. The second kappa shape index (κ2) is 4.95. The molecule has 0 aliphatic carbocycles. The number of hydrogen-bond donors (Lipinski definition) is 0. The fourth-order valence-electron chi connectivity index (χ4n) is 1.67. The Hall–Kier alpha value is -1.38. The Bertz CT molecular complexity index is 416. The summed E-state index contributed by atoms with van der Waals surface area (Å²) in [6.07, 6.45) is -5.59. The van der Waals surface area contributed by atoms with Crippen LogP contribution in [0, 0.1) is 0 Å². The molecule has 1 atom stereocenters. The summed E-state index contributed by atoms with van der Waals surface area (Å²) < 4.78 is 42.1. The molecule has 0 spiro atoms. The van der Waals surface area contributed by atoms with E-state index in [9.17, 15) is 27.6 Å². The average molecular weight is 297 g/mol. The number of amides is 2. The smallest absolute Gasteiger partial charge is 0.471 e. The van der Waals surface area contributed by atoms with Crippen molar-refractivity contribution >= 4 is 26.1 Å². The van der Waals surface area contributed by atoms with E-state index in [1.54, 1.807) is 19.6 Å². The van der Waals surface area contributed by atoms with Crippen molar-refractivity contribution in [3.05, 3.63) is 0 Å². The molecule has 1 heterocycles. The molecular weight excluding hydrogens is 283 g/mol. The number of alkyl halides is 3. The van der Waals surface area contributed by atoms with E-state index in [1.807, 2.05) is 0 Å². The first-order chi connectivity index (χ1) is 8.43. The quantitative estimate of drug-likeness (QED) is 0.724. The van der Waals surface area contributed by atoms with Gasteiger partial charge in [0.2, 0.25) is 14.2 Å². The Labute approximate surface area is 108 Å². The fraction of sp³-hybridized carbons (Fsp3) is 0.700. The van der Waals surface area contributed by atoms with Gasteiger partial charge in [-0.25, -0.2) is 0 Å². The van der Waals surface area contributed by atoms with Crippen molar-refractivity contribution < 1.29 is 32.0 Å². The molecule has 19 heavy (non-hydrogen) atoms.